The van der Waals surface area contributed by atoms with Gasteiger partial charge < -0.3 is 15.8 Å². The summed E-state index contributed by atoms with van der Waals surface area (Å²) in [5, 5.41) is 2.36. The van der Waals surface area contributed by atoms with Gasteiger partial charge in [0, 0.05) is 5.69 Å². The molecule has 0 radical (unpaired) electrons. The maximum Gasteiger partial charge on any atom is 0.411 e. The average molecular weight is 290 g/mol. The normalized spacial score (nSPS) is 11.2. The van der Waals surface area contributed by atoms with Crippen LogP contribution in [0.4, 0.5) is 18.9 Å². The average Bonchev–Trinajstić information content (AvgIpc) is 2.29. The quantitative estimate of drug-likeness (QED) is 0.826. The van der Waals surface area contributed by atoms with Crippen LogP contribution in [0.15, 0.2) is 24.3 Å². The Balaban J connectivity index is 2.40. The molecule has 0 saturated carbocycles. The molecule has 1 aromatic rings. The van der Waals surface area contributed by atoms with E-state index in [-0.39, 0.29) is 6.42 Å². The Hall–Kier alpha value is -2.09. The van der Waals surface area contributed by atoms with Crippen LogP contribution >= 0.6 is 0 Å². The molecule has 0 heterocycles. The number of nitrogens with two attached hydrogens (primary N) is 1. The fourth-order valence-electron chi connectivity index (χ4n) is 1.36. The van der Waals surface area contributed by atoms with Gasteiger partial charge in [0.2, 0.25) is 11.8 Å². The molecule has 0 fully saturated rings. The summed E-state index contributed by atoms with van der Waals surface area (Å²) in [7, 11) is 0. The number of anilines is 1. The molecule has 0 unspecified atom stereocenters. The molecule has 2 amide bonds. The van der Waals surface area contributed by atoms with E-state index in [0.29, 0.717) is 11.3 Å². The molecular formula is C12H13F3N2O3. The van der Waals surface area contributed by atoms with Crippen LogP contribution in [0.25, 0.3) is 0 Å². The predicted molar refractivity (Wildman–Crippen MR) is 64.8 cm³/mol. The van der Waals surface area contributed by atoms with Gasteiger partial charge in [-0.05, 0) is 17.7 Å². The van der Waals surface area contributed by atoms with E-state index >= 15 is 0 Å². The van der Waals surface area contributed by atoms with Crippen molar-refractivity contribution < 1.29 is 27.5 Å². The summed E-state index contributed by atoms with van der Waals surface area (Å²) in [5.74, 6) is -1.18. The number of nitrogens with one attached hydrogen (secondary N) is 1. The summed E-state index contributed by atoms with van der Waals surface area (Å²) < 4.78 is 39.6. The molecule has 0 aliphatic rings. The molecule has 3 N–H and O–H groups in total. The first-order valence-electron chi connectivity index (χ1n) is 5.58. The molecule has 0 atom stereocenters. The van der Waals surface area contributed by atoms with E-state index in [1.54, 1.807) is 12.1 Å². The van der Waals surface area contributed by atoms with Crippen LogP contribution in [-0.2, 0) is 20.7 Å². The largest absolute Gasteiger partial charge is 0.411 e. The first-order valence-corrected chi connectivity index (χ1v) is 5.58. The standard InChI is InChI=1S/C12H13F3N2O3/c13-12(14,15)7-20-6-11(19)17-9-3-1-8(2-4-9)5-10(16)18/h1-4H,5-7H2,(H2,16,18)(H,17,19). The lowest BCUT2D eigenvalue weighted by atomic mass is 10.1. The van der Waals surface area contributed by atoms with Crippen molar-refractivity contribution in [3.8, 4) is 0 Å². The molecule has 0 saturated heterocycles. The number of primary amides is 1. The van der Waals surface area contributed by atoms with E-state index < -0.39 is 31.2 Å². The minimum absolute atomic E-state index is 0.0723. The SMILES string of the molecule is NC(=O)Cc1ccc(NC(=O)COCC(F)(F)F)cc1. The number of benzene rings is 1. The number of hydrogen-bond donors (Lipinski definition) is 2. The molecule has 8 heteroatoms. The molecule has 1 aromatic carbocycles. The zero-order chi connectivity index (χ0) is 15.2. The Morgan fingerprint density at radius 2 is 1.80 bits per heavy atom. The Labute approximate surface area is 112 Å². The second-order valence-electron chi connectivity index (χ2n) is 4.00. The molecule has 5 nitrogen and oxygen atoms in total. The van der Waals surface area contributed by atoms with Crippen LogP contribution in [0.3, 0.4) is 0 Å². The van der Waals surface area contributed by atoms with Crippen molar-refractivity contribution in [2.75, 3.05) is 18.5 Å². The number of halogens is 3. The first kappa shape index (κ1) is 16.0. The van der Waals surface area contributed by atoms with Crippen molar-refractivity contribution in [2.45, 2.75) is 12.6 Å². The van der Waals surface area contributed by atoms with Crippen molar-refractivity contribution in [3.63, 3.8) is 0 Å². The Morgan fingerprint density at radius 3 is 2.30 bits per heavy atom. The van der Waals surface area contributed by atoms with Crippen LogP contribution in [-0.4, -0.2) is 31.2 Å². The number of alkyl halides is 3. The van der Waals surface area contributed by atoms with Gasteiger partial charge in [-0.2, -0.15) is 13.2 Å². The van der Waals surface area contributed by atoms with Gasteiger partial charge in [-0.15, -0.1) is 0 Å². The molecule has 0 spiro atoms. The summed E-state index contributed by atoms with van der Waals surface area (Å²) in [6.45, 7) is -2.17. The Kier molecular flexibility index (Phi) is 5.51. The van der Waals surface area contributed by atoms with Gasteiger partial charge in [-0.1, -0.05) is 12.1 Å². The van der Waals surface area contributed by atoms with Gasteiger partial charge in [0.25, 0.3) is 0 Å². The number of hydrogen-bond acceptors (Lipinski definition) is 3. The zero-order valence-corrected chi connectivity index (χ0v) is 10.4. The summed E-state index contributed by atoms with van der Waals surface area (Å²) in [6, 6.07) is 6.19. The summed E-state index contributed by atoms with van der Waals surface area (Å²) in [6.07, 6.45) is -4.39. The lowest BCUT2D eigenvalue weighted by molar-refractivity contribution is -0.174. The van der Waals surface area contributed by atoms with Gasteiger partial charge in [0.05, 0.1) is 6.42 Å². The zero-order valence-electron chi connectivity index (χ0n) is 10.4. The summed E-state index contributed by atoms with van der Waals surface area (Å²) in [5.41, 5.74) is 6.07. The van der Waals surface area contributed by atoms with Crippen molar-refractivity contribution >= 4 is 17.5 Å². The second kappa shape index (κ2) is 6.90. The van der Waals surface area contributed by atoms with E-state index in [1.165, 1.54) is 12.1 Å². The maximum atomic E-state index is 11.8. The number of carbonyl (C=O) groups is 2. The van der Waals surface area contributed by atoms with Crippen molar-refractivity contribution in [3.05, 3.63) is 29.8 Å². The number of rotatable bonds is 6. The first-order chi connectivity index (χ1) is 9.26. The minimum Gasteiger partial charge on any atom is -0.369 e. The van der Waals surface area contributed by atoms with E-state index in [1.807, 2.05) is 0 Å². The Bertz CT molecular complexity index is 472. The Morgan fingerprint density at radius 1 is 1.20 bits per heavy atom. The van der Waals surface area contributed by atoms with E-state index in [2.05, 4.69) is 10.1 Å². The van der Waals surface area contributed by atoms with Gasteiger partial charge in [0.1, 0.15) is 13.2 Å². The highest BCUT2D eigenvalue weighted by atomic mass is 19.4. The highest BCUT2D eigenvalue weighted by Gasteiger charge is 2.27. The molecule has 0 bridgehead atoms. The predicted octanol–water partition coefficient (Wildman–Crippen LogP) is 1.23. The third-order valence-electron chi connectivity index (χ3n) is 2.11. The van der Waals surface area contributed by atoms with Crippen LogP contribution in [0.2, 0.25) is 0 Å². The highest BCUT2D eigenvalue weighted by Crippen LogP contribution is 2.14. The number of ether oxygens (including phenoxy) is 1. The van der Waals surface area contributed by atoms with Crippen molar-refractivity contribution in [2.24, 2.45) is 5.73 Å². The van der Waals surface area contributed by atoms with Gasteiger partial charge in [-0.3, -0.25) is 9.59 Å². The van der Waals surface area contributed by atoms with Crippen LogP contribution in [0.1, 0.15) is 5.56 Å². The van der Waals surface area contributed by atoms with Gasteiger partial charge in [0.15, 0.2) is 0 Å². The lowest BCUT2D eigenvalue weighted by Crippen LogP contribution is -2.24. The smallest absolute Gasteiger partial charge is 0.369 e. The molecule has 20 heavy (non-hydrogen) atoms. The molecule has 110 valence electrons. The van der Waals surface area contributed by atoms with Gasteiger partial charge >= 0.3 is 6.18 Å². The van der Waals surface area contributed by atoms with Gasteiger partial charge in [-0.25, -0.2) is 0 Å². The number of amides is 2. The van der Waals surface area contributed by atoms with Crippen LogP contribution < -0.4 is 11.1 Å². The monoisotopic (exact) mass is 290 g/mol. The molecule has 0 aliphatic heterocycles. The molecule has 1 rings (SSSR count). The van der Waals surface area contributed by atoms with E-state index in [9.17, 15) is 22.8 Å². The summed E-state index contributed by atoms with van der Waals surface area (Å²) >= 11 is 0. The number of carbonyl (C=O) groups excluding carboxylic acids is 2. The molecular weight excluding hydrogens is 277 g/mol. The fraction of sp³-hybridized carbons (Fsp3) is 0.333. The minimum atomic E-state index is -4.46. The van der Waals surface area contributed by atoms with E-state index in [0.717, 1.165) is 0 Å². The fourth-order valence-corrected chi connectivity index (χ4v) is 1.36. The third-order valence-corrected chi connectivity index (χ3v) is 2.11. The van der Waals surface area contributed by atoms with Crippen molar-refractivity contribution in [1.82, 2.24) is 0 Å². The van der Waals surface area contributed by atoms with Crippen LogP contribution in [0.5, 0.6) is 0 Å². The maximum absolute atomic E-state index is 11.8. The second-order valence-corrected chi connectivity index (χ2v) is 4.00. The van der Waals surface area contributed by atoms with E-state index in [4.69, 9.17) is 5.73 Å². The third kappa shape index (κ3) is 6.74. The highest BCUT2D eigenvalue weighted by molar-refractivity contribution is 5.91. The molecule has 0 aliphatic carbocycles. The van der Waals surface area contributed by atoms with Crippen LogP contribution in [0, 0.1) is 0 Å². The lowest BCUT2D eigenvalue weighted by Gasteiger charge is -2.08. The van der Waals surface area contributed by atoms with Crippen molar-refractivity contribution in [1.29, 1.82) is 0 Å². The molecule has 0 aromatic heterocycles. The topological polar surface area (TPSA) is 81.4 Å². The summed E-state index contributed by atoms with van der Waals surface area (Å²) in [4.78, 5) is 22.0.